The molecule has 0 saturated carbocycles. The third-order valence-electron chi connectivity index (χ3n) is 10.1. The Labute approximate surface area is 290 Å². The highest BCUT2D eigenvalue weighted by Gasteiger charge is 2.20. The van der Waals surface area contributed by atoms with E-state index in [2.05, 4.69) is 203 Å². The maximum absolute atomic E-state index is 2.48. The van der Waals surface area contributed by atoms with E-state index in [4.69, 9.17) is 0 Å². The zero-order chi connectivity index (χ0) is 33.0. The number of fused-ring (bicyclic) bond motifs is 6. The van der Waals surface area contributed by atoms with Crippen LogP contribution in [0.1, 0.15) is 0 Å². The molecule has 10 aromatic rings. The zero-order valence-electron chi connectivity index (χ0n) is 27.4. The average molecular weight is 637 g/mol. The molecule has 8 aromatic carbocycles. The van der Waals surface area contributed by atoms with Crippen LogP contribution < -0.4 is 0 Å². The normalized spacial score (nSPS) is 11.6. The number of rotatable bonds is 5. The molecule has 2 heterocycles. The molecule has 0 atom stereocenters. The van der Waals surface area contributed by atoms with Gasteiger partial charge in [0.1, 0.15) is 0 Å². The molecule has 0 N–H and O–H groups in total. The summed E-state index contributed by atoms with van der Waals surface area (Å²) in [6.45, 7) is 0. The number of hydrogen-bond acceptors (Lipinski definition) is 0. The topological polar surface area (TPSA) is 9.86 Å². The molecule has 2 aromatic heterocycles. The summed E-state index contributed by atoms with van der Waals surface area (Å²) in [5.41, 5.74) is 14.3. The van der Waals surface area contributed by atoms with E-state index in [0.717, 1.165) is 11.4 Å². The zero-order valence-corrected chi connectivity index (χ0v) is 27.4. The van der Waals surface area contributed by atoms with Gasteiger partial charge in [0.2, 0.25) is 0 Å². The van der Waals surface area contributed by atoms with Gasteiger partial charge in [-0.2, -0.15) is 0 Å². The van der Waals surface area contributed by atoms with Crippen LogP contribution in [-0.2, 0) is 0 Å². The van der Waals surface area contributed by atoms with E-state index >= 15 is 0 Å². The number of benzene rings is 8. The first-order valence-electron chi connectivity index (χ1n) is 17.2. The van der Waals surface area contributed by atoms with Crippen molar-refractivity contribution in [3.63, 3.8) is 0 Å². The van der Waals surface area contributed by atoms with E-state index < -0.39 is 0 Å². The van der Waals surface area contributed by atoms with Crippen LogP contribution in [0.3, 0.4) is 0 Å². The second-order valence-corrected chi connectivity index (χ2v) is 13.0. The summed E-state index contributed by atoms with van der Waals surface area (Å²) in [7, 11) is 0. The molecule has 0 unspecified atom stereocenters. The predicted molar refractivity (Wildman–Crippen MR) is 211 cm³/mol. The molecule has 2 heteroatoms. The third-order valence-corrected chi connectivity index (χ3v) is 10.1. The molecule has 50 heavy (non-hydrogen) atoms. The van der Waals surface area contributed by atoms with Gasteiger partial charge < -0.3 is 9.13 Å². The molecule has 0 bridgehead atoms. The van der Waals surface area contributed by atoms with E-state index in [1.54, 1.807) is 0 Å². The number of nitrogens with zero attached hydrogens (tertiary/aromatic N) is 2. The Balaban J connectivity index is 1.34. The van der Waals surface area contributed by atoms with Gasteiger partial charge in [0.05, 0.1) is 22.1 Å². The van der Waals surface area contributed by atoms with Gasteiger partial charge in [-0.05, 0) is 94.0 Å². The van der Waals surface area contributed by atoms with Crippen LogP contribution in [-0.4, -0.2) is 9.13 Å². The Bertz CT molecular complexity index is 2770. The Kier molecular flexibility index (Phi) is 6.53. The lowest BCUT2D eigenvalue weighted by atomic mass is 9.98. The average Bonchev–Trinajstić information content (AvgIpc) is 3.69. The van der Waals surface area contributed by atoms with Crippen LogP contribution in [0, 0.1) is 0 Å². The minimum atomic E-state index is 1.14. The van der Waals surface area contributed by atoms with Crippen molar-refractivity contribution in [1.82, 2.24) is 9.13 Å². The highest BCUT2D eigenvalue weighted by molar-refractivity contribution is 6.19. The Hall–Kier alpha value is -6.64. The summed E-state index contributed by atoms with van der Waals surface area (Å²) in [5.74, 6) is 0. The SMILES string of the molecule is c1ccc(-c2cc(-c3ccccc3)cc(-n3c4ccc(-c5ccccc5)cc4c4cc5c(cc43)c3ccccc3n5-c3ccccc3)c2)cc1. The van der Waals surface area contributed by atoms with Gasteiger partial charge in [0, 0.05) is 32.9 Å². The van der Waals surface area contributed by atoms with Gasteiger partial charge in [0.15, 0.2) is 0 Å². The van der Waals surface area contributed by atoms with Crippen LogP contribution in [0.15, 0.2) is 194 Å². The standard InChI is InChI=1S/C48H32N2/c1-5-15-33(16-6-1)36-25-26-46-42(30-36)44-32-47-43(41-23-13-14-24-45(41)49(47)39-21-11-4-12-22-39)31-48(44)50(46)40-28-37(34-17-7-2-8-18-34)27-38(29-40)35-19-9-3-10-20-35/h1-32H. The summed E-state index contributed by atoms with van der Waals surface area (Å²) in [6, 6.07) is 70.5. The Morgan fingerprint density at radius 3 is 1.26 bits per heavy atom. The molecule has 0 saturated heterocycles. The molecular formula is C48H32N2. The predicted octanol–water partition coefficient (Wildman–Crippen LogP) is 12.9. The summed E-state index contributed by atoms with van der Waals surface area (Å²) in [4.78, 5) is 0. The van der Waals surface area contributed by atoms with Crippen molar-refractivity contribution in [2.24, 2.45) is 0 Å². The fourth-order valence-electron chi connectivity index (χ4n) is 7.76. The first-order valence-corrected chi connectivity index (χ1v) is 17.2. The second-order valence-electron chi connectivity index (χ2n) is 13.0. The van der Waals surface area contributed by atoms with Gasteiger partial charge >= 0.3 is 0 Å². The maximum atomic E-state index is 2.48. The minimum Gasteiger partial charge on any atom is -0.309 e. The van der Waals surface area contributed by atoms with Crippen molar-refractivity contribution < 1.29 is 0 Å². The maximum Gasteiger partial charge on any atom is 0.0548 e. The molecule has 10 rings (SSSR count). The lowest BCUT2D eigenvalue weighted by Gasteiger charge is -2.14. The quantitative estimate of drug-likeness (QED) is 0.178. The smallest absolute Gasteiger partial charge is 0.0548 e. The molecule has 0 aliphatic carbocycles. The van der Waals surface area contributed by atoms with Gasteiger partial charge in [0.25, 0.3) is 0 Å². The van der Waals surface area contributed by atoms with Gasteiger partial charge in [-0.1, -0.05) is 133 Å². The largest absolute Gasteiger partial charge is 0.309 e. The Morgan fingerprint density at radius 1 is 0.220 bits per heavy atom. The van der Waals surface area contributed by atoms with Crippen molar-refractivity contribution in [1.29, 1.82) is 0 Å². The van der Waals surface area contributed by atoms with E-state index in [9.17, 15) is 0 Å². The number of para-hydroxylation sites is 2. The van der Waals surface area contributed by atoms with E-state index in [1.807, 2.05) is 0 Å². The van der Waals surface area contributed by atoms with Crippen molar-refractivity contribution >= 4 is 43.6 Å². The molecule has 0 aliphatic heterocycles. The molecule has 234 valence electrons. The fraction of sp³-hybridized carbons (Fsp3) is 0. The van der Waals surface area contributed by atoms with Crippen molar-refractivity contribution in [3.8, 4) is 44.8 Å². The molecule has 0 fully saturated rings. The second kappa shape index (κ2) is 11.5. The highest BCUT2D eigenvalue weighted by atomic mass is 15.0. The van der Waals surface area contributed by atoms with Crippen molar-refractivity contribution in [2.45, 2.75) is 0 Å². The van der Waals surface area contributed by atoms with E-state index in [-0.39, 0.29) is 0 Å². The molecule has 2 nitrogen and oxygen atoms in total. The fourth-order valence-corrected chi connectivity index (χ4v) is 7.76. The molecule has 0 amide bonds. The molecule has 0 radical (unpaired) electrons. The lowest BCUT2D eigenvalue weighted by molar-refractivity contribution is 1.17. The van der Waals surface area contributed by atoms with Gasteiger partial charge in [-0.15, -0.1) is 0 Å². The minimum absolute atomic E-state index is 1.14. The highest BCUT2D eigenvalue weighted by Crippen LogP contribution is 2.42. The van der Waals surface area contributed by atoms with Crippen molar-refractivity contribution in [2.75, 3.05) is 0 Å². The summed E-state index contributed by atoms with van der Waals surface area (Å²) in [5, 5.41) is 4.96. The monoisotopic (exact) mass is 636 g/mol. The summed E-state index contributed by atoms with van der Waals surface area (Å²) < 4.78 is 4.89. The van der Waals surface area contributed by atoms with E-state index in [0.29, 0.717) is 0 Å². The summed E-state index contributed by atoms with van der Waals surface area (Å²) >= 11 is 0. The first kappa shape index (κ1) is 28.4. The van der Waals surface area contributed by atoms with Crippen LogP contribution >= 0.6 is 0 Å². The van der Waals surface area contributed by atoms with Crippen LogP contribution in [0.5, 0.6) is 0 Å². The molecular weight excluding hydrogens is 605 g/mol. The molecule has 0 aliphatic rings. The summed E-state index contributed by atoms with van der Waals surface area (Å²) in [6.07, 6.45) is 0. The number of aromatic nitrogens is 2. The van der Waals surface area contributed by atoms with Crippen molar-refractivity contribution in [3.05, 3.63) is 194 Å². The van der Waals surface area contributed by atoms with Gasteiger partial charge in [-0.3, -0.25) is 0 Å². The Morgan fingerprint density at radius 2 is 0.660 bits per heavy atom. The number of hydrogen-bond donors (Lipinski definition) is 0. The van der Waals surface area contributed by atoms with E-state index in [1.165, 1.54) is 77.0 Å². The first-order chi connectivity index (χ1) is 24.8. The molecule has 0 spiro atoms. The lowest BCUT2D eigenvalue weighted by Crippen LogP contribution is -1.96. The van der Waals surface area contributed by atoms with Gasteiger partial charge in [-0.25, -0.2) is 0 Å². The third kappa shape index (κ3) is 4.57. The van der Waals surface area contributed by atoms with Crippen LogP contribution in [0.25, 0.3) is 88.4 Å². The van der Waals surface area contributed by atoms with Crippen LogP contribution in [0.4, 0.5) is 0 Å². The van der Waals surface area contributed by atoms with Crippen LogP contribution in [0.2, 0.25) is 0 Å².